The molecule has 2 saturated heterocycles. The van der Waals surface area contributed by atoms with Gasteiger partial charge in [-0.1, -0.05) is 6.42 Å². The highest BCUT2D eigenvalue weighted by molar-refractivity contribution is 4.88. The van der Waals surface area contributed by atoms with Crippen molar-refractivity contribution in [3.05, 3.63) is 0 Å². The molecular weight excluding hydrogens is 210 g/mol. The van der Waals surface area contributed by atoms with Crippen LogP contribution >= 0.6 is 0 Å². The molecule has 0 saturated carbocycles. The molecule has 0 bridgehead atoms. The normalized spacial score (nSPS) is 31.6. The number of nitrogens with one attached hydrogen (secondary N) is 1. The Hall–Kier alpha value is -0.120. The highest BCUT2D eigenvalue weighted by atomic mass is 15.3. The van der Waals surface area contributed by atoms with Crippen LogP contribution in [0, 0.1) is 0 Å². The molecule has 0 amide bonds. The van der Waals surface area contributed by atoms with Crippen LogP contribution in [-0.2, 0) is 0 Å². The maximum absolute atomic E-state index is 3.65. The summed E-state index contributed by atoms with van der Waals surface area (Å²) in [5.41, 5.74) is 0.345. The van der Waals surface area contributed by atoms with Gasteiger partial charge in [-0.2, -0.15) is 0 Å². The van der Waals surface area contributed by atoms with Crippen LogP contribution in [0.2, 0.25) is 0 Å². The van der Waals surface area contributed by atoms with Crippen molar-refractivity contribution in [2.75, 3.05) is 39.8 Å². The Kier molecular flexibility index (Phi) is 4.45. The SMILES string of the molecule is CN1CCN(CCC2CCCCN2)CC1(C)C. The van der Waals surface area contributed by atoms with E-state index in [4.69, 9.17) is 0 Å². The number of likely N-dealkylation sites (N-methyl/N-ethyl adjacent to an activating group) is 1. The van der Waals surface area contributed by atoms with E-state index >= 15 is 0 Å². The summed E-state index contributed by atoms with van der Waals surface area (Å²) in [6, 6.07) is 0.784. The highest BCUT2D eigenvalue weighted by Gasteiger charge is 2.30. The van der Waals surface area contributed by atoms with Gasteiger partial charge in [0.25, 0.3) is 0 Å². The summed E-state index contributed by atoms with van der Waals surface area (Å²) in [5, 5.41) is 3.65. The van der Waals surface area contributed by atoms with Gasteiger partial charge in [-0.15, -0.1) is 0 Å². The van der Waals surface area contributed by atoms with Gasteiger partial charge in [0, 0.05) is 31.2 Å². The maximum Gasteiger partial charge on any atom is 0.0277 e. The Balaban J connectivity index is 1.72. The molecule has 3 heteroatoms. The molecule has 17 heavy (non-hydrogen) atoms. The molecule has 1 N–H and O–H groups in total. The fourth-order valence-electron chi connectivity index (χ4n) is 3.04. The van der Waals surface area contributed by atoms with E-state index in [1.807, 2.05) is 0 Å². The molecule has 2 rings (SSSR count). The van der Waals surface area contributed by atoms with Crippen LogP contribution in [-0.4, -0.2) is 61.2 Å². The van der Waals surface area contributed by atoms with E-state index in [0.717, 1.165) is 6.04 Å². The van der Waals surface area contributed by atoms with E-state index in [-0.39, 0.29) is 0 Å². The molecule has 2 heterocycles. The zero-order valence-electron chi connectivity index (χ0n) is 11.8. The van der Waals surface area contributed by atoms with E-state index in [2.05, 4.69) is 36.0 Å². The van der Waals surface area contributed by atoms with Gasteiger partial charge in [0.1, 0.15) is 0 Å². The molecule has 0 aliphatic carbocycles. The average Bonchev–Trinajstić information content (AvgIpc) is 2.32. The fraction of sp³-hybridized carbons (Fsp3) is 1.00. The quantitative estimate of drug-likeness (QED) is 0.806. The zero-order valence-corrected chi connectivity index (χ0v) is 11.8. The van der Waals surface area contributed by atoms with Gasteiger partial charge < -0.3 is 10.2 Å². The monoisotopic (exact) mass is 239 g/mol. The molecule has 0 aromatic heterocycles. The maximum atomic E-state index is 3.65. The second-order valence-electron chi connectivity index (χ2n) is 6.45. The molecule has 0 radical (unpaired) electrons. The summed E-state index contributed by atoms with van der Waals surface area (Å²) in [6.45, 7) is 10.9. The second kappa shape index (κ2) is 5.68. The van der Waals surface area contributed by atoms with Gasteiger partial charge in [-0.05, 0) is 53.2 Å². The van der Waals surface area contributed by atoms with Gasteiger partial charge in [0.05, 0.1) is 0 Å². The summed E-state index contributed by atoms with van der Waals surface area (Å²) in [5.74, 6) is 0. The van der Waals surface area contributed by atoms with Gasteiger partial charge in [0.15, 0.2) is 0 Å². The lowest BCUT2D eigenvalue weighted by molar-refractivity contribution is 0.0377. The summed E-state index contributed by atoms with van der Waals surface area (Å²) in [4.78, 5) is 5.14. The molecule has 2 fully saturated rings. The molecule has 2 aliphatic rings. The van der Waals surface area contributed by atoms with Crippen molar-refractivity contribution >= 4 is 0 Å². The van der Waals surface area contributed by atoms with Crippen molar-refractivity contribution in [1.82, 2.24) is 15.1 Å². The van der Waals surface area contributed by atoms with Crippen molar-refractivity contribution in [1.29, 1.82) is 0 Å². The van der Waals surface area contributed by atoms with Crippen LogP contribution in [0.15, 0.2) is 0 Å². The Morgan fingerprint density at radius 1 is 1.24 bits per heavy atom. The third kappa shape index (κ3) is 3.67. The van der Waals surface area contributed by atoms with E-state index in [1.54, 1.807) is 0 Å². The first-order valence-electron chi connectivity index (χ1n) is 7.25. The van der Waals surface area contributed by atoms with Crippen LogP contribution < -0.4 is 5.32 Å². The van der Waals surface area contributed by atoms with Crippen LogP contribution in [0.25, 0.3) is 0 Å². The van der Waals surface area contributed by atoms with Gasteiger partial charge in [-0.25, -0.2) is 0 Å². The van der Waals surface area contributed by atoms with E-state index in [1.165, 1.54) is 58.4 Å². The molecule has 2 aliphatic heterocycles. The molecule has 3 nitrogen and oxygen atoms in total. The van der Waals surface area contributed by atoms with Crippen LogP contribution in [0.4, 0.5) is 0 Å². The van der Waals surface area contributed by atoms with Gasteiger partial charge >= 0.3 is 0 Å². The third-order valence-electron chi connectivity index (χ3n) is 4.60. The Bertz CT molecular complexity index is 234. The second-order valence-corrected chi connectivity index (χ2v) is 6.45. The Morgan fingerprint density at radius 2 is 2.06 bits per heavy atom. The number of nitrogens with zero attached hydrogens (tertiary/aromatic N) is 2. The number of hydrogen-bond donors (Lipinski definition) is 1. The lowest BCUT2D eigenvalue weighted by Gasteiger charge is -2.45. The van der Waals surface area contributed by atoms with Gasteiger partial charge in [0.2, 0.25) is 0 Å². The molecule has 100 valence electrons. The van der Waals surface area contributed by atoms with E-state index in [9.17, 15) is 0 Å². The predicted molar refractivity (Wildman–Crippen MR) is 73.4 cm³/mol. The minimum absolute atomic E-state index is 0.345. The van der Waals surface area contributed by atoms with Gasteiger partial charge in [-0.3, -0.25) is 4.90 Å². The number of piperidine rings is 1. The van der Waals surface area contributed by atoms with Crippen LogP contribution in [0.3, 0.4) is 0 Å². The van der Waals surface area contributed by atoms with Crippen molar-refractivity contribution in [2.45, 2.75) is 51.1 Å². The molecule has 0 aromatic rings. The summed E-state index contributed by atoms with van der Waals surface area (Å²) in [7, 11) is 2.25. The molecule has 1 atom stereocenters. The molecular formula is C14H29N3. The summed E-state index contributed by atoms with van der Waals surface area (Å²) >= 11 is 0. The first kappa shape index (κ1) is 13.3. The topological polar surface area (TPSA) is 18.5 Å². The fourth-order valence-corrected chi connectivity index (χ4v) is 3.04. The van der Waals surface area contributed by atoms with E-state index in [0.29, 0.717) is 5.54 Å². The van der Waals surface area contributed by atoms with Crippen LogP contribution in [0.5, 0.6) is 0 Å². The first-order chi connectivity index (χ1) is 8.08. The number of hydrogen-bond acceptors (Lipinski definition) is 3. The van der Waals surface area contributed by atoms with Crippen molar-refractivity contribution < 1.29 is 0 Å². The molecule has 1 unspecified atom stereocenters. The minimum Gasteiger partial charge on any atom is -0.314 e. The lowest BCUT2D eigenvalue weighted by atomic mass is 9.98. The summed E-state index contributed by atoms with van der Waals surface area (Å²) < 4.78 is 0. The Morgan fingerprint density at radius 3 is 2.71 bits per heavy atom. The minimum atomic E-state index is 0.345. The first-order valence-corrected chi connectivity index (χ1v) is 7.25. The number of rotatable bonds is 3. The standard InChI is InChI=1S/C14H29N3/c1-14(2)12-17(11-10-16(14)3)9-7-13-6-4-5-8-15-13/h13,15H,4-12H2,1-3H3. The third-order valence-corrected chi connectivity index (χ3v) is 4.60. The molecule has 0 aromatic carbocycles. The van der Waals surface area contributed by atoms with E-state index < -0.39 is 0 Å². The van der Waals surface area contributed by atoms with Crippen molar-refractivity contribution in [3.8, 4) is 0 Å². The zero-order chi connectivity index (χ0) is 12.3. The Labute approximate surface area is 107 Å². The van der Waals surface area contributed by atoms with Crippen molar-refractivity contribution in [2.24, 2.45) is 0 Å². The lowest BCUT2D eigenvalue weighted by Crippen LogP contribution is -2.58. The van der Waals surface area contributed by atoms with Crippen LogP contribution in [0.1, 0.15) is 39.5 Å². The highest BCUT2D eigenvalue weighted by Crippen LogP contribution is 2.19. The summed E-state index contributed by atoms with van der Waals surface area (Å²) in [6.07, 6.45) is 5.51. The molecule has 0 spiro atoms. The predicted octanol–water partition coefficient (Wildman–Crippen LogP) is 1.54. The average molecular weight is 239 g/mol. The van der Waals surface area contributed by atoms with Crippen molar-refractivity contribution in [3.63, 3.8) is 0 Å². The largest absolute Gasteiger partial charge is 0.314 e. The number of piperazine rings is 1. The smallest absolute Gasteiger partial charge is 0.0277 e.